The molecule has 0 aliphatic rings. The van der Waals surface area contributed by atoms with Gasteiger partial charge in [0, 0.05) is 30.8 Å². The average molecular weight is 234 g/mol. The molecule has 0 bridgehead atoms. The second-order valence-corrected chi connectivity index (χ2v) is 5.10. The fourth-order valence-electron chi connectivity index (χ4n) is 1.77. The summed E-state index contributed by atoms with van der Waals surface area (Å²) in [7, 11) is 0. The first-order valence-corrected chi connectivity index (χ1v) is 6.13. The second-order valence-electron chi connectivity index (χ2n) is 5.10. The Morgan fingerprint density at radius 1 is 1.35 bits per heavy atom. The van der Waals surface area contributed by atoms with Gasteiger partial charge in [-0.05, 0) is 37.6 Å². The number of carbonyl (C=O) groups is 1. The number of carbonyl (C=O) groups excluding carboxylic acids is 1. The maximum Gasteiger partial charge on any atom is 0.129 e. The Labute approximate surface area is 104 Å². The maximum absolute atomic E-state index is 10.8. The number of rotatable bonds is 7. The number of ketones is 1. The Hall–Kier alpha value is -1.22. The van der Waals surface area contributed by atoms with Gasteiger partial charge in [0.2, 0.25) is 0 Å². The summed E-state index contributed by atoms with van der Waals surface area (Å²) < 4.78 is 0. The van der Waals surface area contributed by atoms with Crippen LogP contribution in [-0.4, -0.2) is 23.9 Å². The van der Waals surface area contributed by atoms with Crippen molar-refractivity contribution in [2.24, 2.45) is 0 Å². The van der Waals surface area contributed by atoms with Crippen LogP contribution in [0.4, 0.5) is 0 Å². The number of pyridine rings is 1. The van der Waals surface area contributed by atoms with E-state index in [1.54, 1.807) is 6.92 Å². The summed E-state index contributed by atoms with van der Waals surface area (Å²) in [6.45, 7) is 7.87. The minimum absolute atomic E-state index is 0.0964. The van der Waals surface area contributed by atoms with Crippen molar-refractivity contribution >= 4 is 5.78 Å². The van der Waals surface area contributed by atoms with Crippen molar-refractivity contribution < 1.29 is 4.79 Å². The van der Waals surface area contributed by atoms with E-state index < -0.39 is 0 Å². The highest BCUT2D eigenvalue weighted by Gasteiger charge is 2.19. The molecule has 1 aromatic rings. The minimum Gasteiger partial charge on any atom is -0.316 e. The van der Waals surface area contributed by atoms with E-state index in [9.17, 15) is 4.79 Å². The predicted octanol–water partition coefficient (Wildman–Crippen LogP) is 2.32. The first kappa shape index (κ1) is 13.8. The molecule has 0 aliphatic carbocycles. The average Bonchev–Trinajstić information content (AvgIpc) is 2.29. The van der Waals surface area contributed by atoms with Gasteiger partial charge in [-0.15, -0.1) is 0 Å². The SMILES string of the molecule is CC(=O)CCCNCC(C)(C)c1ccncc1. The number of nitrogens with one attached hydrogen (secondary N) is 1. The normalized spacial score (nSPS) is 11.5. The fourth-order valence-corrected chi connectivity index (χ4v) is 1.77. The molecule has 0 aliphatic heterocycles. The lowest BCUT2D eigenvalue weighted by Crippen LogP contribution is -2.33. The summed E-state index contributed by atoms with van der Waals surface area (Å²) in [5, 5.41) is 3.41. The van der Waals surface area contributed by atoms with Gasteiger partial charge in [0.1, 0.15) is 5.78 Å². The van der Waals surface area contributed by atoms with E-state index in [-0.39, 0.29) is 11.2 Å². The van der Waals surface area contributed by atoms with Gasteiger partial charge in [-0.3, -0.25) is 4.98 Å². The molecule has 0 radical (unpaired) electrons. The number of hydrogen-bond donors (Lipinski definition) is 1. The molecule has 3 nitrogen and oxygen atoms in total. The molecule has 0 atom stereocenters. The van der Waals surface area contributed by atoms with Gasteiger partial charge in [0.05, 0.1) is 0 Å². The van der Waals surface area contributed by atoms with Gasteiger partial charge in [-0.25, -0.2) is 0 Å². The Balaban J connectivity index is 2.33. The third-order valence-electron chi connectivity index (χ3n) is 2.91. The molecule has 0 aromatic carbocycles. The van der Waals surface area contributed by atoms with E-state index in [0.29, 0.717) is 6.42 Å². The van der Waals surface area contributed by atoms with Crippen molar-refractivity contribution in [2.45, 2.75) is 39.0 Å². The van der Waals surface area contributed by atoms with Gasteiger partial charge >= 0.3 is 0 Å². The molecular formula is C14H22N2O. The zero-order valence-corrected chi connectivity index (χ0v) is 11.0. The predicted molar refractivity (Wildman–Crippen MR) is 70.0 cm³/mol. The molecule has 0 amide bonds. The highest BCUT2D eigenvalue weighted by molar-refractivity contribution is 5.75. The molecule has 0 saturated carbocycles. The monoisotopic (exact) mass is 234 g/mol. The van der Waals surface area contributed by atoms with Crippen molar-refractivity contribution in [3.63, 3.8) is 0 Å². The van der Waals surface area contributed by atoms with Crippen LogP contribution in [0, 0.1) is 0 Å². The molecule has 0 spiro atoms. The molecule has 0 fully saturated rings. The molecule has 17 heavy (non-hydrogen) atoms. The topological polar surface area (TPSA) is 42.0 Å². The minimum atomic E-state index is 0.0964. The van der Waals surface area contributed by atoms with Crippen LogP contribution in [0.25, 0.3) is 0 Å². The van der Waals surface area contributed by atoms with Gasteiger partial charge in [0.15, 0.2) is 0 Å². The van der Waals surface area contributed by atoms with Crippen LogP contribution in [-0.2, 0) is 10.2 Å². The smallest absolute Gasteiger partial charge is 0.129 e. The lowest BCUT2D eigenvalue weighted by atomic mass is 9.85. The van der Waals surface area contributed by atoms with E-state index in [2.05, 4.69) is 36.3 Å². The largest absolute Gasteiger partial charge is 0.316 e. The zero-order chi connectivity index (χ0) is 12.7. The highest BCUT2D eigenvalue weighted by atomic mass is 16.1. The third kappa shape index (κ3) is 5.09. The van der Waals surface area contributed by atoms with E-state index in [0.717, 1.165) is 19.5 Å². The fraction of sp³-hybridized carbons (Fsp3) is 0.571. The van der Waals surface area contributed by atoms with Crippen molar-refractivity contribution in [2.75, 3.05) is 13.1 Å². The van der Waals surface area contributed by atoms with E-state index in [1.165, 1.54) is 5.56 Å². The van der Waals surface area contributed by atoms with Gasteiger partial charge < -0.3 is 10.1 Å². The van der Waals surface area contributed by atoms with Crippen molar-refractivity contribution in [3.05, 3.63) is 30.1 Å². The first-order valence-electron chi connectivity index (χ1n) is 6.13. The highest BCUT2D eigenvalue weighted by Crippen LogP contribution is 2.20. The quantitative estimate of drug-likeness (QED) is 0.736. The number of aromatic nitrogens is 1. The summed E-state index contributed by atoms with van der Waals surface area (Å²) in [6, 6.07) is 4.11. The number of Topliss-reactive ketones (excluding diaryl/α,β-unsaturated/α-hetero) is 1. The summed E-state index contributed by atoms with van der Waals surface area (Å²) in [5.74, 6) is 0.264. The van der Waals surface area contributed by atoms with Crippen LogP contribution in [0.5, 0.6) is 0 Å². The maximum atomic E-state index is 10.8. The Morgan fingerprint density at radius 3 is 2.59 bits per heavy atom. The second kappa shape index (κ2) is 6.50. The summed E-state index contributed by atoms with van der Waals surface area (Å²) >= 11 is 0. The molecule has 1 N–H and O–H groups in total. The molecular weight excluding hydrogens is 212 g/mol. The van der Waals surface area contributed by atoms with Crippen LogP contribution < -0.4 is 5.32 Å². The molecule has 3 heteroatoms. The third-order valence-corrected chi connectivity index (χ3v) is 2.91. The van der Waals surface area contributed by atoms with Crippen molar-refractivity contribution in [3.8, 4) is 0 Å². The van der Waals surface area contributed by atoms with Gasteiger partial charge in [0.25, 0.3) is 0 Å². The number of hydrogen-bond acceptors (Lipinski definition) is 3. The van der Waals surface area contributed by atoms with Gasteiger partial charge in [-0.2, -0.15) is 0 Å². The first-order chi connectivity index (χ1) is 8.02. The van der Waals surface area contributed by atoms with Gasteiger partial charge in [-0.1, -0.05) is 13.8 Å². The molecule has 0 saturated heterocycles. The van der Waals surface area contributed by atoms with E-state index in [1.807, 2.05) is 12.4 Å². The van der Waals surface area contributed by atoms with E-state index in [4.69, 9.17) is 0 Å². The zero-order valence-electron chi connectivity index (χ0n) is 11.0. The number of nitrogens with zero attached hydrogens (tertiary/aromatic N) is 1. The van der Waals surface area contributed by atoms with Crippen LogP contribution in [0.3, 0.4) is 0 Å². The Kier molecular flexibility index (Phi) is 5.29. The molecule has 94 valence electrons. The van der Waals surface area contributed by atoms with Crippen LogP contribution >= 0.6 is 0 Å². The molecule has 1 heterocycles. The Morgan fingerprint density at radius 2 is 2.00 bits per heavy atom. The summed E-state index contributed by atoms with van der Waals surface area (Å²) in [4.78, 5) is 14.8. The van der Waals surface area contributed by atoms with Crippen molar-refractivity contribution in [1.29, 1.82) is 0 Å². The molecule has 1 rings (SSSR count). The van der Waals surface area contributed by atoms with Crippen LogP contribution in [0.2, 0.25) is 0 Å². The molecule has 1 aromatic heterocycles. The summed E-state index contributed by atoms with van der Waals surface area (Å²) in [5.41, 5.74) is 1.38. The summed E-state index contributed by atoms with van der Waals surface area (Å²) in [6.07, 6.45) is 5.24. The standard InChI is InChI=1S/C14H22N2O/c1-12(17)5-4-8-16-11-14(2,3)13-6-9-15-10-7-13/h6-7,9-10,16H,4-5,8,11H2,1-3H3. The Bertz CT molecular complexity index is 346. The van der Waals surface area contributed by atoms with Crippen LogP contribution in [0.1, 0.15) is 39.2 Å². The lowest BCUT2D eigenvalue weighted by Gasteiger charge is -2.25. The van der Waals surface area contributed by atoms with Crippen LogP contribution in [0.15, 0.2) is 24.5 Å². The van der Waals surface area contributed by atoms with Crippen molar-refractivity contribution in [1.82, 2.24) is 10.3 Å². The van der Waals surface area contributed by atoms with E-state index >= 15 is 0 Å². The lowest BCUT2D eigenvalue weighted by molar-refractivity contribution is -0.117. The molecule has 0 unspecified atom stereocenters.